The molecule has 1 amide bonds. The Kier molecular flexibility index (Phi) is 6.36. The van der Waals surface area contributed by atoms with Crippen molar-refractivity contribution in [3.8, 4) is 5.88 Å². The van der Waals surface area contributed by atoms with Crippen LogP contribution in [0.2, 0.25) is 0 Å². The molecule has 0 spiro atoms. The summed E-state index contributed by atoms with van der Waals surface area (Å²) in [5.41, 5.74) is 0.340. The van der Waals surface area contributed by atoms with Gasteiger partial charge >= 0.3 is 6.09 Å². The first-order chi connectivity index (χ1) is 11.4. The van der Waals surface area contributed by atoms with Crippen LogP contribution < -0.4 is 10.1 Å². The van der Waals surface area contributed by atoms with Gasteiger partial charge in [-0.3, -0.25) is 9.88 Å². The van der Waals surface area contributed by atoms with Gasteiger partial charge in [0, 0.05) is 31.5 Å². The van der Waals surface area contributed by atoms with E-state index in [4.69, 9.17) is 9.47 Å². The Bertz CT molecular complexity index is 545. The molecule has 1 fully saturated rings. The summed E-state index contributed by atoms with van der Waals surface area (Å²) in [6.07, 6.45) is 6.28. The van der Waals surface area contributed by atoms with E-state index in [1.807, 2.05) is 20.8 Å². The molecule has 1 aromatic heterocycles. The molecule has 0 bridgehead atoms. The third-order valence-electron chi connectivity index (χ3n) is 3.91. The first-order valence-electron chi connectivity index (χ1n) is 8.44. The van der Waals surface area contributed by atoms with Gasteiger partial charge in [0.25, 0.3) is 0 Å². The molecule has 1 aliphatic heterocycles. The smallest absolute Gasteiger partial charge is 0.407 e. The summed E-state index contributed by atoms with van der Waals surface area (Å²) in [6.45, 7) is 7.79. The van der Waals surface area contributed by atoms with Crippen molar-refractivity contribution in [3.05, 3.63) is 18.1 Å². The standard InChI is InChI=1S/C17H28N4O3/c1-17(2,3)24-16(22)20-11-13-7-5-6-10-21(13)12-14-15(23-4)19-9-8-18-14/h8-9,13H,5-7,10-12H2,1-4H3,(H,20,22). The van der Waals surface area contributed by atoms with Crippen LogP contribution in [0.5, 0.6) is 5.88 Å². The van der Waals surface area contributed by atoms with Crippen LogP contribution in [0.25, 0.3) is 0 Å². The van der Waals surface area contributed by atoms with Crippen LogP contribution in [-0.4, -0.2) is 52.8 Å². The number of hydrogen-bond donors (Lipinski definition) is 1. The van der Waals surface area contributed by atoms with E-state index in [0.29, 0.717) is 19.0 Å². The van der Waals surface area contributed by atoms with Gasteiger partial charge in [-0.2, -0.15) is 0 Å². The summed E-state index contributed by atoms with van der Waals surface area (Å²) in [6, 6.07) is 0.262. The van der Waals surface area contributed by atoms with E-state index in [2.05, 4.69) is 20.2 Å². The maximum atomic E-state index is 11.9. The molecule has 2 heterocycles. The lowest BCUT2D eigenvalue weighted by Gasteiger charge is -2.35. The number of nitrogens with one attached hydrogen (secondary N) is 1. The van der Waals surface area contributed by atoms with Crippen molar-refractivity contribution in [2.45, 2.75) is 58.2 Å². The number of likely N-dealkylation sites (tertiary alicyclic amines) is 1. The molecule has 1 saturated heterocycles. The Morgan fingerprint density at radius 2 is 2.08 bits per heavy atom. The Morgan fingerprint density at radius 3 is 2.79 bits per heavy atom. The van der Waals surface area contributed by atoms with Gasteiger partial charge in [0.15, 0.2) is 0 Å². The molecule has 2 rings (SSSR count). The predicted molar refractivity (Wildman–Crippen MR) is 90.9 cm³/mol. The number of nitrogens with zero attached hydrogens (tertiary/aromatic N) is 3. The van der Waals surface area contributed by atoms with E-state index in [0.717, 1.165) is 31.5 Å². The highest BCUT2D eigenvalue weighted by Gasteiger charge is 2.25. The van der Waals surface area contributed by atoms with Gasteiger partial charge in [-0.15, -0.1) is 0 Å². The lowest BCUT2D eigenvalue weighted by molar-refractivity contribution is 0.0491. The predicted octanol–water partition coefficient (Wildman–Crippen LogP) is 2.36. The minimum Gasteiger partial charge on any atom is -0.480 e. The number of amides is 1. The normalized spacial score (nSPS) is 18.9. The van der Waals surface area contributed by atoms with Crippen LogP contribution in [0.3, 0.4) is 0 Å². The SMILES string of the molecule is COc1nccnc1CN1CCCCC1CNC(=O)OC(C)(C)C. The monoisotopic (exact) mass is 336 g/mol. The number of aromatic nitrogens is 2. The molecule has 0 aliphatic carbocycles. The number of alkyl carbamates (subject to hydrolysis) is 1. The topological polar surface area (TPSA) is 76.6 Å². The van der Waals surface area contributed by atoms with Crippen molar-refractivity contribution >= 4 is 6.09 Å². The first kappa shape index (κ1) is 18.4. The summed E-state index contributed by atoms with van der Waals surface area (Å²) in [5.74, 6) is 0.557. The number of carbonyl (C=O) groups excluding carboxylic acids is 1. The average molecular weight is 336 g/mol. The fourth-order valence-corrected chi connectivity index (χ4v) is 2.84. The van der Waals surface area contributed by atoms with Gasteiger partial charge in [-0.05, 0) is 40.2 Å². The Hall–Kier alpha value is -1.89. The van der Waals surface area contributed by atoms with E-state index < -0.39 is 5.60 Å². The van der Waals surface area contributed by atoms with Crippen LogP contribution in [0, 0.1) is 0 Å². The van der Waals surface area contributed by atoms with Gasteiger partial charge in [-0.25, -0.2) is 9.78 Å². The second kappa shape index (κ2) is 8.28. The Balaban J connectivity index is 1.94. The van der Waals surface area contributed by atoms with E-state index in [-0.39, 0.29) is 12.1 Å². The van der Waals surface area contributed by atoms with Crippen LogP contribution in [-0.2, 0) is 11.3 Å². The van der Waals surface area contributed by atoms with Crippen LogP contribution >= 0.6 is 0 Å². The third-order valence-corrected chi connectivity index (χ3v) is 3.91. The average Bonchev–Trinajstić information content (AvgIpc) is 2.53. The molecule has 1 N–H and O–H groups in total. The fourth-order valence-electron chi connectivity index (χ4n) is 2.84. The van der Waals surface area contributed by atoms with E-state index in [9.17, 15) is 4.79 Å². The number of ether oxygens (including phenoxy) is 2. The van der Waals surface area contributed by atoms with Crippen LogP contribution in [0.1, 0.15) is 45.7 Å². The van der Waals surface area contributed by atoms with Gasteiger partial charge in [0.2, 0.25) is 5.88 Å². The van der Waals surface area contributed by atoms with Gasteiger partial charge < -0.3 is 14.8 Å². The summed E-state index contributed by atoms with van der Waals surface area (Å²) in [4.78, 5) is 22.8. The van der Waals surface area contributed by atoms with Crippen molar-refractivity contribution in [2.75, 3.05) is 20.2 Å². The minimum absolute atomic E-state index is 0.262. The zero-order valence-electron chi connectivity index (χ0n) is 15.0. The van der Waals surface area contributed by atoms with E-state index in [1.54, 1.807) is 19.5 Å². The number of methoxy groups -OCH3 is 1. The number of piperidine rings is 1. The highest BCUT2D eigenvalue weighted by molar-refractivity contribution is 5.67. The number of rotatable bonds is 5. The maximum absolute atomic E-state index is 11.9. The summed E-state index contributed by atoms with van der Waals surface area (Å²) < 4.78 is 10.6. The molecule has 7 heteroatoms. The summed E-state index contributed by atoms with van der Waals surface area (Å²) in [5, 5.41) is 2.88. The highest BCUT2D eigenvalue weighted by atomic mass is 16.6. The molecular weight excluding hydrogens is 308 g/mol. The van der Waals surface area contributed by atoms with E-state index >= 15 is 0 Å². The number of carbonyl (C=O) groups is 1. The van der Waals surface area contributed by atoms with Gasteiger partial charge in [0.1, 0.15) is 11.3 Å². The lowest BCUT2D eigenvalue weighted by Crippen LogP contribution is -2.47. The minimum atomic E-state index is -0.483. The molecule has 7 nitrogen and oxygen atoms in total. The van der Waals surface area contributed by atoms with Crippen molar-refractivity contribution < 1.29 is 14.3 Å². The highest BCUT2D eigenvalue weighted by Crippen LogP contribution is 2.21. The molecule has 0 aromatic carbocycles. The molecule has 0 saturated carbocycles. The van der Waals surface area contributed by atoms with Crippen molar-refractivity contribution in [3.63, 3.8) is 0 Å². The van der Waals surface area contributed by atoms with Crippen molar-refractivity contribution in [2.24, 2.45) is 0 Å². The second-order valence-corrected chi connectivity index (χ2v) is 7.02. The van der Waals surface area contributed by atoms with Gasteiger partial charge in [-0.1, -0.05) is 6.42 Å². The molecule has 0 radical (unpaired) electrons. The Morgan fingerprint density at radius 1 is 1.33 bits per heavy atom. The van der Waals surface area contributed by atoms with Crippen molar-refractivity contribution in [1.82, 2.24) is 20.2 Å². The van der Waals surface area contributed by atoms with Crippen molar-refractivity contribution in [1.29, 1.82) is 0 Å². The largest absolute Gasteiger partial charge is 0.480 e. The second-order valence-electron chi connectivity index (χ2n) is 7.02. The quantitative estimate of drug-likeness (QED) is 0.889. The lowest BCUT2D eigenvalue weighted by atomic mass is 10.0. The molecule has 134 valence electrons. The Labute approximate surface area is 143 Å². The first-order valence-corrected chi connectivity index (χ1v) is 8.44. The molecule has 1 aromatic rings. The maximum Gasteiger partial charge on any atom is 0.407 e. The summed E-state index contributed by atoms with van der Waals surface area (Å²) in [7, 11) is 1.60. The molecule has 1 atom stereocenters. The van der Waals surface area contributed by atoms with Crippen LogP contribution in [0.4, 0.5) is 4.79 Å². The summed E-state index contributed by atoms with van der Waals surface area (Å²) >= 11 is 0. The molecule has 1 aliphatic rings. The fraction of sp³-hybridized carbons (Fsp3) is 0.706. The molecular formula is C17H28N4O3. The third kappa shape index (κ3) is 5.63. The zero-order chi connectivity index (χ0) is 17.6. The zero-order valence-corrected chi connectivity index (χ0v) is 15.0. The van der Waals surface area contributed by atoms with Gasteiger partial charge in [0.05, 0.1) is 7.11 Å². The van der Waals surface area contributed by atoms with E-state index in [1.165, 1.54) is 0 Å². The molecule has 1 unspecified atom stereocenters. The van der Waals surface area contributed by atoms with Crippen LogP contribution in [0.15, 0.2) is 12.4 Å². The molecule has 24 heavy (non-hydrogen) atoms. The number of hydrogen-bond acceptors (Lipinski definition) is 6.